The fourth-order valence-electron chi connectivity index (χ4n) is 8.29. The van der Waals surface area contributed by atoms with Gasteiger partial charge in [-0.15, -0.1) is 0 Å². The summed E-state index contributed by atoms with van der Waals surface area (Å²) in [5.41, 5.74) is 0. The molecule has 0 rings (SSSR count). The second-order valence-corrected chi connectivity index (χ2v) is 19.2. The molecule has 0 aliphatic rings. The Morgan fingerprint density at radius 1 is 0.308 bits per heavy atom. The quantitative estimate of drug-likeness (QED) is 0.0262. The van der Waals surface area contributed by atoms with Crippen molar-refractivity contribution in [1.82, 2.24) is 0 Å². The summed E-state index contributed by atoms with van der Waals surface area (Å²) in [6.45, 7) is 6.63. The van der Waals surface area contributed by atoms with Crippen LogP contribution in [0.15, 0.2) is 36.5 Å². The van der Waals surface area contributed by atoms with E-state index in [2.05, 4.69) is 57.2 Å². The van der Waals surface area contributed by atoms with Gasteiger partial charge in [0.15, 0.2) is 6.10 Å². The highest BCUT2D eigenvalue weighted by Crippen LogP contribution is 2.16. The fourth-order valence-corrected chi connectivity index (χ4v) is 8.29. The fraction of sp³-hybridized carbons (Fsp3) is 0.847. The average molecular weight is 914 g/mol. The molecule has 0 radical (unpaired) electrons. The van der Waals surface area contributed by atoms with Crippen LogP contribution < -0.4 is 0 Å². The molecule has 1 unspecified atom stereocenters. The minimum atomic E-state index is -0.772. The summed E-state index contributed by atoms with van der Waals surface area (Å²) in [4.78, 5) is 38.1. The molecule has 65 heavy (non-hydrogen) atoms. The first-order valence-corrected chi connectivity index (χ1v) is 28.5. The molecule has 6 nitrogen and oxygen atoms in total. The molecule has 0 spiro atoms. The molecule has 0 aromatic carbocycles. The largest absolute Gasteiger partial charge is 0.462 e. The number of hydrogen-bond acceptors (Lipinski definition) is 6. The molecule has 0 aliphatic carbocycles. The molecule has 380 valence electrons. The van der Waals surface area contributed by atoms with Gasteiger partial charge in [0.2, 0.25) is 0 Å². The zero-order chi connectivity index (χ0) is 47.2. The topological polar surface area (TPSA) is 78.9 Å². The van der Waals surface area contributed by atoms with Crippen LogP contribution in [-0.2, 0) is 28.6 Å². The van der Waals surface area contributed by atoms with Gasteiger partial charge in [0.1, 0.15) is 13.2 Å². The van der Waals surface area contributed by atoms with E-state index in [-0.39, 0.29) is 31.1 Å². The Kier molecular flexibility index (Phi) is 52.3. The van der Waals surface area contributed by atoms with Gasteiger partial charge < -0.3 is 14.2 Å². The van der Waals surface area contributed by atoms with Gasteiger partial charge in [-0.3, -0.25) is 14.4 Å². The van der Waals surface area contributed by atoms with Crippen molar-refractivity contribution in [2.24, 2.45) is 0 Å². The van der Waals surface area contributed by atoms with Gasteiger partial charge in [-0.1, -0.05) is 243 Å². The van der Waals surface area contributed by atoms with E-state index < -0.39 is 6.10 Å². The summed E-state index contributed by atoms with van der Waals surface area (Å²) >= 11 is 0. The van der Waals surface area contributed by atoms with Crippen molar-refractivity contribution < 1.29 is 28.6 Å². The number of unbranched alkanes of at least 4 members (excludes halogenated alkanes) is 35. The first kappa shape index (κ1) is 62.6. The maximum Gasteiger partial charge on any atom is 0.306 e. The number of rotatable bonds is 52. The van der Waals surface area contributed by atoms with Crippen LogP contribution in [0.4, 0.5) is 0 Å². The Morgan fingerprint density at radius 3 is 0.892 bits per heavy atom. The van der Waals surface area contributed by atoms with Crippen molar-refractivity contribution >= 4 is 17.9 Å². The van der Waals surface area contributed by atoms with E-state index in [1.54, 1.807) is 0 Å². The molecule has 0 aliphatic heterocycles. The number of allylic oxidation sites excluding steroid dienone is 6. The maximum atomic E-state index is 12.8. The Morgan fingerprint density at radius 2 is 0.554 bits per heavy atom. The number of carbonyl (C=O) groups excluding carboxylic acids is 3. The highest BCUT2D eigenvalue weighted by molar-refractivity contribution is 5.71. The first-order chi connectivity index (χ1) is 32.0. The lowest BCUT2D eigenvalue weighted by molar-refractivity contribution is -0.167. The highest BCUT2D eigenvalue weighted by Gasteiger charge is 2.19. The smallest absolute Gasteiger partial charge is 0.306 e. The second-order valence-electron chi connectivity index (χ2n) is 19.2. The maximum absolute atomic E-state index is 12.8. The summed E-state index contributed by atoms with van der Waals surface area (Å²) < 4.78 is 16.9. The van der Waals surface area contributed by atoms with Gasteiger partial charge in [0.25, 0.3) is 0 Å². The molecule has 0 saturated carbocycles. The van der Waals surface area contributed by atoms with E-state index in [0.717, 1.165) is 64.2 Å². The predicted octanol–water partition coefficient (Wildman–Crippen LogP) is 18.9. The molecular formula is C59H108O6. The normalized spacial score (nSPS) is 12.2. The number of ether oxygens (including phenoxy) is 3. The lowest BCUT2D eigenvalue weighted by Crippen LogP contribution is -2.30. The van der Waals surface area contributed by atoms with Crippen LogP contribution in [0.3, 0.4) is 0 Å². The molecule has 0 amide bonds. The van der Waals surface area contributed by atoms with E-state index in [4.69, 9.17) is 14.2 Å². The van der Waals surface area contributed by atoms with Gasteiger partial charge in [0, 0.05) is 19.3 Å². The molecule has 0 heterocycles. The molecule has 0 bridgehead atoms. The van der Waals surface area contributed by atoms with Crippen molar-refractivity contribution in [3.8, 4) is 0 Å². The van der Waals surface area contributed by atoms with Crippen molar-refractivity contribution in [3.63, 3.8) is 0 Å². The van der Waals surface area contributed by atoms with Crippen LogP contribution in [-0.4, -0.2) is 37.2 Å². The number of hydrogen-bond donors (Lipinski definition) is 0. The van der Waals surface area contributed by atoms with Gasteiger partial charge >= 0.3 is 17.9 Å². The Hall–Kier alpha value is -2.37. The number of carbonyl (C=O) groups is 3. The minimum Gasteiger partial charge on any atom is -0.462 e. The van der Waals surface area contributed by atoms with Crippen LogP contribution in [0.1, 0.15) is 303 Å². The van der Waals surface area contributed by atoms with E-state index in [0.29, 0.717) is 19.3 Å². The van der Waals surface area contributed by atoms with Gasteiger partial charge in [-0.05, 0) is 77.0 Å². The van der Waals surface area contributed by atoms with Crippen molar-refractivity contribution in [1.29, 1.82) is 0 Å². The van der Waals surface area contributed by atoms with Crippen LogP contribution in [0, 0.1) is 0 Å². The van der Waals surface area contributed by atoms with Gasteiger partial charge in [0.05, 0.1) is 0 Å². The monoisotopic (exact) mass is 913 g/mol. The molecule has 0 saturated heterocycles. The van der Waals surface area contributed by atoms with E-state index in [9.17, 15) is 14.4 Å². The van der Waals surface area contributed by atoms with Crippen molar-refractivity contribution in [3.05, 3.63) is 36.5 Å². The third kappa shape index (κ3) is 52.5. The first-order valence-electron chi connectivity index (χ1n) is 28.5. The van der Waals surface area contributed by atoms with E-state index >= 15 is 0 Å². The van der Waals surface area contributed by atoms with Crippen LogP contribution in [0.25, 0.3) is 0 Å². The molecule has 0 N–H and O–H groups in total. The van der Waals surface area contributed by atoms with E-state index in [1.807, 2.05) is 0 Å². The van der Waals surface area contributed by atoms with Gasteiger partial charge in [-0.25, -0.2) is 0 Å². The summed E-state index contributed by atoms with van der Waals surface area (Å²) in [7, 11) is 0. The highest BCUT2D eigenvalue weighted by atomic mass is 16.6. The van der Waals surface area contributed by atoms with Crippen LogP contribution in [0.2, 0.25) is 0 Å². The summed E-state index contributed by atoms with van der Waals surface area (Å²) in [6, 6.07) is 0. The Labute approximate surface area is 404 Å². The van der Waals surface area contributed by atoms with Crippen molar-refractivity contribution in [2.45, 2.75) is 309 Å². The lowest BCUT2D eigenvalue weighted by Gasteiger charge is -2.18. The lowest BCUT2D eigenvalue weighted by atomic mass is 10.1. The molecule has 1 atom stereocenters. The minimum absolute atomic E-state index is 0.0718. The average Bonchev–Trinajstić information content (AvgIpc) is 3.30. The molecular weight excluding hydrogens is 805 g/mol. The second kappa shape index (κ2) is 54.2. The van der Waals surface area contributed by atoms with Crippen LogP contribution in [0.5, 0.6) is 0 Å². The molecule has 0 aromatic heterocycles. The van der Waals surface area contributed by atoms with Crippen molar-refractivity contribution in [2.75, 3.05) is 13.2 Å². The Bertz CT molecular complexity index is 1090. The predicted molar refractivity (Wildman–Crippen MR) is 279 cm³/mol. The van der Waals surface area contributed by atoms with Crippen LogP contribution >= 0.6 is 0 Å². The SMILES string of the molecule is CCCCC/C=C\C/C=C\CCCCCCCCCCCC(=O)OCC(COC(=O)CCCCCCCCCCCCC)OC(=O)CCCCCCCCC/C=C\CCCCCCCC. The summed E-state index contributed by atoms with van der Waals surface area (Å²) in [5.74, 6) is -0.866. The standard InChI is InChI=1S/C59H108O6/c1-4-7-10-13-16-19-22-24-26-28-29-31-32-34-37-40-43-46-49-52-58(61)64-55-56(54-63-57(60)51-48-45-42-39-36-21-18-15-12-9-6-3)65-59(62)53-50-47-44-41-38-35-33-30-27-25-23-20-17-14-11-8-5-2/h16,19,24-27,56H,4-15,17-18,20-23,28-55H2,1-3H3/b19-16-,26-24-,27-25-. The van der Waals surface area contributed by atoms with Gasteiger partial charge in [-0.2, -0.15) is 0 Å². The molecule has 6 heteroatoms. The summed E-state index contributed by atoms with van der Waals surface area (Å²) in [5, 5.41) is 0. The zero-order valence-electron chi connectivity index (χ0n) is 43.5. The molecule has 0 fully saturated rings. The zero-order valence-corrected chi connectivity index (χ0v) is 43.5. The Balaban J connectivity index is 4.31. The summed E-state index contributed by atoms with van der Waals surface area (Å²) in [6.07, 6.45) is 64.1. The molecule has 0 aromatic rings. The van der Waals surface area contributed by atoms with E-state index in [1.165, 1.54) is 199 Å². The number of esters is 3. The third-order valence-electron chi connectivity index (χ3n) is 12.6. The third-order valence-corrected chi connectivity index (χ3v) is 12.6.